The Morgan fingerprint density at radius 2 is 1.77 bits per heavy atom. The maximum atomic E-state index is 12.8. The molecule has 2 heterocycles. The topological polar surface area (TPSA) is 87.8 Å². The molecule has 2 aromatic rings. The first-order valence-electron chi connectivity index (χ1n) is 8.47. The second-order valence-electron chi connectivity index (χ2n) is 6.30. The minimum absolute atomic E-state index is 0.165. The lowest BCUT2D eigenvalue weighted by Gasteiger charge is -2.34. The summed E-state index contributed by atoms with van der Waals surface area (Å²) in [7, 11) is 4.74. The smallest absolute Gasteiger partial charge is 0.248 e. The fraction of sp³-hybridized carbons (Fsp3) is 0.444. The van der Waals surface area contributed by atoms with Gasteiger partial charge in [0.2, 0.25) is 5.95 Å². The van der Waals surface area contributed by atoms with Crippen LogP contribution in [-0.2, 0) is 4.79 Å². The number of nitrogens with zero attached hydrogens (tertiary/aromatic N) is 4. The molecule has 0 bridgehead atoms. The number of aliphatic imine (C=N–C) groups is 1. The summed E-state index contributed by atoms with van der Waals surface area (Å²) in [6.45, 7) is 0. The summed E-state index contributed by atoms with van der Waals surface area (Å²) in [5.74, 6) is 2.04. The number of fused-ring (bicyclic) bond motifs is 2. The highest BCUT2D eigenvalue weighted by Crippen LogP contribution is 2.45. The normalized spacial score (nSPS) is 21.5. The van der Waals surface area contributed by atoms with Crippen LogP contribution in [0.4, 0.5) is 5.95 Å². The van der Waals surface area contributed by atoms with E-state index < -0.39 is 0 Å². The summed E-state index contributed by atoms with van der Waals surface area (Å²) in [6.07, 6.45) is 3.61. The van der Waals surface area contributed by atoms with E-state index in [2.05, 4.69) is 15.1 Å². The van der Waals surface area contributed by atoms with Crippen molar-refractivity contribution in [2.24, 2.45) is 10.9 Å². The zero-order valence-corrected chi connectivity index (χ0v) is 14.9. The third-order valence-electron chi connectivity index (χ3n) is 4.99. The summed E-state index contributed by atoms with van der Waals surface area (Å²) < 4.78 is 18.1. The Morgan fingerprint density at radius 3 is 2.50 bits per heavy atom. The van der Waals surface area contributed by atoms with Gasteiger partial charge in [-0.2, -0.15) is 10.1 Å². The molecule has 2 unspecified atom stereocenters. The van der Waals surface area contributed by atoms with E-state index in [0.717, 1.165) is 24.1 Å². The molecule has 1 aliphatic carbocycles. The molecule has 2 atom stereocenters. The number of aromatic nitrogens is 3. The van der Waals surface area contributed by atoms with E-state index in [1.165, 1.54) is 6.33 Å². The number of rotatable bonds is 4. The van der Waals surface area contributed by atoms with E-state index in [4.69, 9.17) is 14.2 Å². The Bertz CT molecular complexity index is 889. The standard InChI is InChI=1S/C18H20N4O4/c1-24-13-8-15(26-3)14(25-2)7-10(13)17-16-11(5-4-6-12(16)23)21-18-19-9-20-22(17)18/h7-9,16-17H,4-6H2,1-3H3. The third kappa shape index (κ3) is 2.44. The van der Waals surface area contributed by atoms with Gasteiger partial charge in [-0.3, -0.25) is 4.79 Å². The van der Waals surface area contributed by atoms with Crippen LogP contribution in [-0.4, -0.2) is 47.6 Å². The van der Waals surface area contributed by atoms with Crippen LogP contribution in [0.2, 0.25) is 0 Å². The van der Waals surface area contributed by atoms with Crippen molar-refractivity contribution < 1.29 is 19.0 Å². The van der Waals surface area contributed by atoms with Crippen molar-refractivity contribution >= 4 is 17.4 Å². The average molecular weight is 356 g/mol. The highest BCUT2D eigenvalue weighted by atomic mass is 16.5. The zero-order valence-electron chi connectivity index (χ0n) is 14.9. The lowest BCUT2D eigenvalue weighted by molar-refractivity contribution is -0.122. The Kier molecular flexibility index (Phi) is 4.10. The summed E-state index contributed by atoms with van der Waals surface area (Å²) in [4.78, 5) is 21.6. The largest absolute Gasteiger partial charge is 0.496 e. The third-order valence-corrected chi connectivity index (χ3v) is 4.99. The molecule has 1 fully saturated rings. The Hall–Kier alpha value is -2.90. The maximum Gasteiger partial charge on any atom is 0.248 e. The van der Waals surface area contributed by atoms with Crippen molar-refractivity contribution in [2.45, 2.75) is 25.3 Å². The lowest BCUT2D eigenvalue weighted by atomic mass is 9.77. The highest BCUT2D eigenvalue weighted by Gasteiger charge is 2.43. The van der Waals surface area contributed by atoms with Gasteiger partial charge in [-0.25, -0.2) is 9.67 Å². The van der Waals surface area contributed by atoms with Crippen molar-refractivity contribution in [1.29, 1.82) is 0 Å². The molecule has 1 saturated carbocycles. The van der Waals surface area contributed by atoms with Gasteiger partial charge in [0.25, 0.3) is 0 Å². The number of hydrogen-bond acceptors (Lipinski definition) is 7. The summed E-state index contributed by atoms with van der Waals surface area (Å²) >= 11 is 0. The average Bonchev–Trinajstić information content (AvgIpc) is 3.13. The molecule has 136 valence electrons. The molecule has 4 rings (SSSR count). The predicted octanol–water partition coefficient (Wildman–Crippen LogP) is 2.35. The van der Waals surface area contributed by atoms with Crippen LogP contribution in [0.15, 0.2) is 23.5 Å². The summed E-state index contributed by atoms with van der Waals surface area (Å²) in [5.41, 5.74) is 1.66. The molecule has 1 aromatic heterocycles. The molecule has 0 amide bonds. The van der Waals surface area contributed by atoms with Gasteiger partial charge in [0.1, 0.15) is 17.9 Å². The number of carbonyl (C=O) groups is 1. The van der Waals surface area contributed by atoms with E-state index in [9.17, 15) is 4.79 Å². The molecule has 8 heteroatoms. The van der Waals surface area contributed by atoms with Gasteiger partial charge in [-0.15, -0.1) is 0 Å². The molecule has 1 aliphatic heterocycles. The van der Waals surface area contributed by atoms with Crippen LogP contribution in [0.5, 0.6) is 17.2 Å². The minimum atomic E-state index is -0.373. The number of methoxy groups -OCH3 is 3. The number of benzene rings is 1. The Balaban J connectivity index is 1.93. The first kappa shape index (κ1) is 16.6. The van der Waals surface area contributed by atoms with Crippen LogP contribution in [0.3, 0.4) is 0 Å². The molecule has 0 saturated heterocycles. The zero-order chi connectivity index (χ0) is 18.3. The molecule has 0 N–H and O–H groups in total. The lowest BCUT2D eigenvalue weighted by Crippen LogP contribution is -2.39. The Morgan fingerprint density at radius 1 is 1.04 bits per heavy atom. The molecule has 0 spiro atoms. The van der Waals surface area contributed by atoms with Gasteiger partial charge < -0.3 is 14.2 Å². The maximum absolute atomic E-state index is 12.8. The molecular formula is C18H20N4O4. The van der Waals surface area contributed by atoms with E-state index in [-0.39, 0.29) is 17.7 Å². The van der Waals surface area contributed by atoms with Crippen LogP contribution in [0.25, 0.3) is 0 Å². The molecule has 8 nitrogen and oxygen atoms in total. The van der Waals surface area contributed by atoms with E-state index >= 15 is 0 Å². The van der Waals surface area contributed by atoms with Gasteiger partial charge >= 0.3 is 0 Å². The van der Waals surface area contributed by atoms with Gasteiger partial charge in [0, 0.05) is 23.8 Å². The highest BCUT2D eigenvalue weighted by molar-refractivity contribution is 6.09. The van der Waals surface area contributed by atoms with Crippen molar-refractivity contribution in [3.8, 4) is 17.2 Å². The second-order valence-corrected chi connectivity index (χ2v) is 6.30. The van der Waals surface area contributed by atoms with Crippen LogP contribution in [0, 0.1) is 5.92 Å². The number of hydrogen-bond donors (Lipinski definition) is 0. The van der Waals surface area contributed by atoms with Gasteiger partial charge in [0.05, 0.1) is 33.3 Å². The van der Waals surface area contributed by atoms with E-state index in [1.807, 2.05) is 6.07 Å². The van der Waals surface area contributed by atoms with Crippen LogP contribution >= 0.6 is 0 Å². The first-order chi connectivity index (χ1) is 12.7. The van der Waals surface area contributed by atoms with Gasteiger partial charge in [-0.05, 0) is 18.9 Å². The monoisotopic (exact) mass is 356 g/mol. The van der Waals surface area contributed by atoms with Crippen molar-refractivity contribution in [3.63, 3.8) is 0 Å². The fourth-order valence-corrected chi connectivity index (χ4v) is 3.81. The molecule has 1 aromatic carbocycles. The molecule has 0 radical (unpaired) electrons. The quantitative estimate of drug-likeness (QED) is 0.836. The SMILES string of the molecule is COc1cc(OC)c(C2C3C(=O)CCCC3=Nc3ncnn32)cc1OC. The predicted molar refractivity (Wildman–Crippen MR) is 93.7 cm³/mol. The number of Topliss-reactive ketones (excluding diaryl/α,β-unsaturated/α-hetero) is 1. The van der Waals surface area contributed by atoms with Crippen LogP contribution < -0.4 is 14.2 Å². The fourth-order valence-electron chi connectivity index (χ4n) is 3.81. The Labute approximate surface area is 150 Å². The van der Waals surface area contributed by atoms with Crippen LogP contribution in [0.1, 0.15) is 30.9 Å². The van der Waals surface area contributed by atoms with Crippen molar-refractivity contribution in [2.75, 3.05) is 21.3 Å². The number of carbonyl (C=O) groups excluding carboxylic acids is 1. The van der Waals surface area contributed by atoms with E-state index in [0.29, 0.717) is 29.6 Å². The molecule has 26 heavy (non-hydrogen) atoms. The molecular weight excluding hydrogens is 336 g/mol. The van der Waals surface area contributed by atoms with Crippen molar-refractivity contribution in [1.82, 2.24) is 14.8 Å². The summed E-state index contributed by atoms with van der Waals surface area (Å²) in [6, 6.07) is 3.24. The minimum Gasteiger partial charge on any atom is -0.496 e. The second kappa shape index (κ2) is 6.44. The van der Waals surface area contributed by atoms with Gasteiger partial charge in [-0.1, -0.05) is 0 Å². The number of ketones is 1. The van der Waals surface area contributed by atoms with Gasteiger partial charge in [0.15, 0.2) is 11.5 Å². The molecule has 2 aliphatic rings. The number of ether oxygens (including phenoxy) is 3. The van der Waals surface area contributed by atoms with Crippen molar-refractivity contribution in [3.05, 3.63) is 24.0 Å². The van der Waals surface area contributed by atoms with E-state index in [1.54, 1.807) is 32.1 Å². The summed E-state index contributed by atoms with van der Waals surface area (Å²) in [5, 5.41) is 4.33. The first-order valence-corrected chi connectivity index (χ1v) is 8.47.